The Labute approximate surface area is 144 Å². The van der Waals surface area contributed by atoms with E-state index in [1.54, 1.807) is 27.7 Å². The first-order valence-corrected chi connectivity index (χ1v) is 7.93. The van der Waals surface area contributed by atoms with Crippen LogP contribution in [0.15, 0.2) is 6.20 Å². The summed E-state index contributed by atoms with van der Waals surface area (Å²) in [5.74, 6) is -1.73. The van der Waals surface area contributed by atoms with Crippen molar-refractivity contribution < 1.29 is 29.0 Å². The summed E-state index contributed by atoms with van der Waals surface area (Å²) in [5, 5.41) is 17.0. The van der Waals surface area contributed by atoms with Crippen LogP contribution in [0, 0.1) is 0 Å². The van der Waals surface area contributed by atoms with Crippen LogP contribution in [0.2, 0.25) is 0 Å². The second-order valence-electron chi connectivity index (χ2n) is 6.68. The summed E-state index contributed by atoms with van der Waals surface area (Å²) >= 11 is 0. The zero-order chi connectivity index (χ0) is 18.8. The fourth-order valence-electron chi connectivity index (χ4n) is 2.52. The van der Waals surface area contributed by atoms with E-state index in [0.29, 0.717) is 0 Å². The fraction of sp³-hybridized carbons (Fsp3) is 0.667. The molecule has 0 unspecified atom stereocenters. The SMILES string of the molecule is CCOC(=O)c1cn([C@@H]2C[C@H](C(=O)O)N(C(=O)OC(C)(C)C)C2)nn1. The van der Waals surface area contributed by atoms with Crippen molar-refractivity contribution in [3.63, 3.8) is 0 Å². The molecule has 2 atom stereocenters. The van der Waals surface area contributed by atoms with Gasteiger partial charge >= 0.3 is 18.0 Å². The van der Waals surface area contributed by atoms with E-state index in [-0.39, 0.29) is 25.3 Å². The molecule has 1 aromatic heterocycles. The van der Waals surface area contributed by atoms with Gasteiger partial charge in [0.25, 0.3) is 0 Å². The van der Waals surface area contributed by atoms with Gasteiger partial charge in [-0.3, -0.25) is 4.90 Å². The van der Waals surface area contributed by atoms with E-state index >= 15 is 0 Å². The van der Waals surface area contributed by atoms with Gasteiger partial charge in [-0.15, -0.1) is 5.10 Å². The van der Waals surface area contributed by atoms with Gasteiger partial charge < -0.3 is 14.6 Å². The second-order valence-corrected chi connectivity index (χ2v) is 6.68. The van der Waals surface area contributed by atoms with Crippen molar-refractivity contribution >= 4 is 18.0 Å². The Kier molecular flexibility index (Phi) is 5.29. The number of rotatable bonds is 4. The molecule has 1 amide bonds. The van der Waals surface area contributed by atoms with Gasteiger partial charge in [-0.2, -0.15) is 0 Å². The Bertz CT molecular complexity index is 665. The van der Waals surface area contributed by atoms with E-state index in [0.717, 1.165) is 4.90 Å². The van der Waals surface area contributed by atoms with E-state index < -0.39 is 35.7 Å². The van der Waals surface area contributed by atoms with Crippen molar-refractivity contribution in [3.05, 3.63) is 11.9 Å². The van der Waals surface area contributed by atoms with Gasteiger partial charge in [-0.25, -0.2) is 19.1 Å². The van der Waals surface area contributed by atoms with E-state index in [4.69, 9.17) is 9.47 Å². The van der Waals surface area contributed by atoms with Gasteiger partial charge in [0.1, 0.15) is 11.6 Å². The third-order valence-electron chi connectivity index (χ3n) is 3.56. The molecule has 10 nitrogen and oxygen atoms in total. The predicted octanol–water partition coefficient (Wildman–Crippen LogP) is 1.09. The lowest BCUT2D eigenvalue weighted by molar-refractivity contribution is -0.142. The summed E-state index contributed by atoms with van der Waals surface area (Å²) in [5.41, 5.74) is -0.702. The van der Waals surface area contributed by atoms with Crippen molar-refractivity contribution in [2.75, 3.05) is 13.2 Å². The molecule has 138 valence electrons. The maximum Gasteiger partial charge on any atom is 0.411 e. The zero-order valence-electron chi connectivity index (χ0n) is 14.6. The maximum atomic E-state index is 12.3. The Morgan fingerprint density at radius 2 is 2.04 bits per heavy atom. The number of carbonyl (C=O) groups excluding carboxylic acids is 2. The molecule has 10 heteroatoms. The fourth-order valence-corrected chi connectivity index (χ4v) is 2.52. The molecule has 1 saturated heterocycles. The summed E-state index contributed by atoms with van der Waals surface area (Å²) < 4.78 is 11.5. The van der Waals surface area contributed by atoms with Gasteiger partial charge in [0.2, 0.25) is 0 Å². The molecule has 1 aliphatic rings. The first kappa shape index (κ1) is 18.7. The first-order valence-electron chi connectivity index (χ1n) is 7.93. The lowest BCUT2D eigenvalue weighted by Gasteiger charge is -2.26. The third-order valence-corrected chi connectivity index (χ3v) is 3.56. The highest BCUT2D eigenvalue weighted by molar-refractivity contribution is 5.86. The van der Waals surface area contributed by atoms with Crippen LogP contribution in [0.3, 0.4) is 0 Å². The number of ether oxygens (including phenoxy) is 2. The van der Waals surface area contributed by atoms with Crippen LogP contribution in [0.1, 0.15) is 50.6 Å². The van der Waals surface area contributed by atoms with Crippen molar-refractivity contribution in [1.29, 1.82) is 0 Å². The van der Waals surface area contributed by atoms with Gasteiger partial charge in [-0.1, -0.05) is 5.21 Å². The number of esters is 1. The van der Waals surface area contributed by atoms with Crippen LogP contribution in [0.25, 0.3) is 0 Å². The number of hydrogen-bond donors (Lipinski definition) is 1. The average Bonchev–Trinajstić information content (AvgIpc) is 3.12. The van der Waals surface area contributed by atoms with Crippen LogP contribution in [-0.2, 0) is 14.3 Å². The van der Waals surface area contributed by atoms with E-state index in [1.165, 1.54) is 10.9 Å². The minimum absolute atomic E-state index is 0.0319. The zero-order valence-corrected chi connectivity index (χ0v) is 14.6. The van der Waals surface area contributed by atoms with Crippen molar-refractivity contribution in [3.8, 4) is 0 Å². The third kappa shape index (κ3) is 4.46. The monoisotopic (exact) mass is 354 g/mol. The van der Waals surface area contributed by atoms with Crippen molar-refractivity contribution in [2.45, 2.75) is 51.8 Å². The molecule has 25 heavy (non-hydrogen) atoms. The quantitative estimate of drug-likeness (QED) is 0.797. The summed E-state index contributed by atoms with van der Waals surface area (Å²) in [6, 6.07) is -1.46. The average molecular weight is 354 g/mol. The van der Waals surface area contributed by atoms with Gasteiger partial charge in [-0.05, 0) is 27.7 Å². The number of hydrogen-bond acceptors (Lipinski definition) is 7. The summed E-state index contributed by atoms with van der Waals surface area (Å²) in [6.07, 6.45) is 0.827. The highest BCUT2D eigenvalue weighted by Gasteiger charge is 2.42. The molecule has 0 spiro atoms. The van der Waals surface area contributed by atoms with Gasteiger partial charge in [0.05, 0.1) is 18.8 Å². The Morgan fingerprint density at radius 3 is 2.60 bits per heavy atom. The Hall–Kier alpha value is -2.65. The molecule has 0 aliphatic carbocycles. The van der Waals surface area contributed by atoms with Gasteiger partial charge in [0, 0.05) is 13.0 Å². The number of carboxylic acids is 1. The molecule has 1 aliphatic heterocycles. The van der Waals surface area contributed by atoms with E-state index in [1.807, 2.05) is 0 Å². The van der Waals surface area contributed by atoms with Gasteiger partial charge in [0.15, 0.2) is 5.69 Å². The molecule has 1 fully saturated rings. The standard InChI is InChI=1S/C15H22N4O6/c1-5-24-13(22)10-8-19(17-16-10)9-6-11(12(20)21)18(7-9)14(23)25-15(2,3)4/h8-9,11H,5-7H2,1-4H3,(H,20,21)/t9-,11-/m1/s1. The minimum Gasteiger partial charge on any atom is -0.480 e. The first-order chi connectivity index (χ1) is 11.6. The number of likely N-dealkylation sites (tertiary alicyclic amines) is 1. The Morgan fingerprint density at radius 1 is 1.36 bits per heavy atom. The maximum absolute atomic E-state index is 12.3. The highest BCUT2D eigenvalue weighted by atomic mass is 16.6. The number of nitrogens with zero attached hydrogens (tertiary/aromatic N) is 4. The summed E-state index contributed by atoms with van der Waals surface area (Å²) in [7, 11) is 0. The van der Waals surface area contributed by atoms with Crippen molar-refractivity contribution in [1.82, 2.24) is 19.9 Å². The van der Waals surface area contributed by atoms with Crippen LogP contribution >= 0.6 is 0 Å². The lowest BCUT2D eigenvalue weighted by Crippen LogP contribution is -2.43. The molecule has 1 N–H and O–H groups in total. The van der Waals surface area contributed by atoms with Crippen LogP contribution in [0.5, 0.6) is 0 Å². The van der Waals surface area contributed by atoms with Crippen LogP contribution in [-0.4, -0.2) is 67.8 Å². The summed E-state index contributed by atoms with van der Waals surface area (Å²) in [4.78, 5) is 36.6. The molecular formula is C15H22N4O6. The van der Waals surface area contributed by atoms with Crippen LogP contribution < -0.4 is 0 Å². The number of aromatic nitrogens is 3. The molecule has 0 aromatic carbocycles. The number of carboxylic acid groups (broad SMARTS) is 1. The number of carbonyl (C=O) groups is 3. The molecule has 0 bridgehead atoms. The molecule has 0 radical (unpaired) electrons. The summed E-state index contributed by atoms with van der Waals surface area (Å²) in [6.45, 7) is 7.10. The van der Waals surface area contributed by atoms with Crippen molar-refractivity contribution in [2.24, 2.45) is 0 Å². The normalized spacial score (nSPS) is 20.4. The van der Waals surface area contributed by atoms with E-state index in [2.05, 4.69) is 10.3 Å². The topological polar surface area (TPSA) is 124 Å². The Balaban J connectivity index is 2.15. The largest absolute Gasteiger partial charge is 0.480 e. The van der Waals surface area contributed by atoms with Crippen LogP contribution in [0.4, 0.5) is 4.79 Å². The number of amides is 1. The van der Waals surface area contributed by atoms with E-state index in [9.17, 15) is 19.5 Å². The molecule has 2 rings (SSSR count). The lowest BCUT2D eigenvalue weighted by atomic mass is 10.2. The highest BCUT2D eigenvalue weighted by Crippen LogP contribution is 2.28. The second kappa shape index (κ2) is 7.08. The predicted molar refractivity (Wildman–Crippen MR) is 84.0 cm³/mol. The molecular weight excluding hydrogens is 332 g/mol. The molecule has 0 saturated carbocycles. The minimum atomic E-state index is -1.13. The smallest absolute Gasteiger partial charge is 0.411 e. The molecule has 2 heterocycles. The molecule has 1 aromatic rings. The number of aliphatic carboxylic acids is 1.